The number of hydrogen-bond donors (Lipinski definition) is 0. The highest BCUT2D eigenvalue weighted by Gasteiger charge is 2.40. The van der Waals surface area contributed by atoms with Gasteiger partial charge in [0.05, 0.1) is 17.0 Å². The van der Waals surface area contributed by atoms with Crippen molar-refractivity contribution in [2.45, 2.75) is 32.2 Å². The summed E-state index contributed by atoms with van der Waals surface area (Å²) < 4.78 is 2.10. The molecule has 2 aliphatic heterocycles. The van der Waals surface area contributed by atoms with E-state index >= 15 is 0 Å². The van der Waals surface area contributed by atoms with Gasteiger partial charge in [0.25, 0.3) is 0 Å². The molecule has 1 aromatic heterocycles. The lowest BCUT2D eigenvalue weighted by molar-refractivity contribution is -0.124. The van der Waals surface area contributed by atoms with Crippen LogP contribution in [0, 0.1) is 5.92 Å². The van der Waals surface area contributed by atoms with E-state index in [9.17, 15) is 9.59 Å². The van der Waals surface area contributed by atoms with Crippen LogP contribution in [-0.4, -0.2) is 34.5 Å². The second-order valence-electron chi connectivity index (χ2n) is 8.25. The Balaban J connectivity index is 1.26. The highest BCUT2D eigenvalue weighted by atomic mass is 16.2. The van der Waals surface area contributed by atoms with Gasteiger partial charge in [-0.15, -0.1) is 0 Å². The van der Waals surface area contributed by atoms with Gasteiger partial charge < -0.3 is 9.47 Å². The van der Waals surface area contributed by atoms with Crippen LogP contribution < -0.4 is 9.80 Å². The lowest BCUT2D eigenvalue weighted by atomic mass is 10.1. The van der Waals surface area contributed by atoms with Crippen molar-refractivity contribution in [3.63, 3.8) is 0 Å². The normalized spacial score (nSPS) is 20.6. The second-order valence-corrected chi connectivity index (χ2v) is 8.25. The fourth-order valence-electron chi connectivity index (χ4n) is 5.07. The molecule has 0 radical (unpaired) electrons. The van der Waals surface area contributed by atoms with Crippen LogP contribution >= 0.6 is 0 Å². The Morgan fingerprint density at radius 2 is 1.90 bits per heavy atom. The van der Waals surface area contributed by atoms with Crippen LogP contribution in [-0.2, 0) is 29.0 Å². The molecule has 0 bridgehead atoms. The first-order valence-electron chi connectivity index (χ1n) is 10.4. The topological polar surface area (TPSA) is 58.4 Å². The first-order chi connectivity index (χ1) is 14.2. The number of rotatable bonds is 2. The van der Waals surface area contributed by atoms with E-state index in [0.29, 0.717) is 19.0 Å². The Morgan fingerprint density at radius 1 is 1.03 bits per heavy atom. The van der Waals surface area contributed by atoms with Gasteiger partial charge in [0.2, 0.25) is 17.8 Å². The Labute approximate surface area is 168 Å². The lowest BCUT2D eigenvalue weighted by Crippen LogP contribution is -2.36. The molecule has 1 saturated heterocycles. The smallest absolute Gasteiger partial charge is 0.234 e. The minimum absolute atomic E-state index is 0.0102. The van der Waals surface area contributed by atoms with Crippen molar-refractivity contribution in [1.29, 1.82) is 0 Å². The third-order valence-electron chi connectivity index (χ3n) is 6.56. The number of fused-ring (bicyclic) bond motifs is 4. The molecule has 146 valence electrons. The monoisotopic (exact) mass is 386 g/mol. The molecular formula is C23H22N4O2. The number of imidazole rings is 1. The summed E-state index contributed by atoms with van der Waals surface area (Å²) in [6, 6.07) is 14.3. The molecule has 3 aliphatic rings. The number of carbonyl (C=O) groups excluding carboxylic acids is 2. The summed E-state index contributed by atoms with van der Waals surface area (Å²) in [5.41, 5.74) is 5.63. The van der Waals surface area contributed by atoms with Gasteiger partial charge in [-0.25, -0.2) is 4.98 Å². The number of aryl methyl sites for hydroxylation is 2. The molecule has 1 atom stereocenters. The van der Waals surface area contributed by atoms with Crippen LogP contribution in [0.3, 0.4) is 0 Å². The fourth-order valence-corrected chi connectivity index (χ4v) is 5.07. The van der Waals surface area contributed by atoms with Gasteiger partial charge in [-0.2, -0.15) is 0 Å². The molecule has 2 aromatic carbocycles. The van der Waals surface area contributed by atoms with Gasteiger partial charge >= 0.3 is 0 Å². The minimum Gasteiger partial charge on any atom is -0.312 e. The van der Waals surface area contributed by atoms with Gasteiger partial charge in [-0.05, 0) is 54.7 Å². The number of hydrogen-bond acceptors (Lipinski definition) is 3. The highest BCUT2D eigenvalue weighted by molar-refractivity contribution is 6.04. The molecule has 0 N–H and O–H groups in total. The Morgan fingerprint density at radius 3 is 2.83 bits per heavy atom. The van der Waals surface area contributed by atoms with Gasteiger partial charge in [0, 0.05) is 31.7 Å². The minimum atomic E-state index is -0.317. The van der Waals surface area contributed by atoms with E-state index in [2.05, 4.69) is 21.7 Å². The predicted molar refractivity (Wildman–Crippen MR) is 111 cm³/mol. The summed E-state index contributed by atoms with van der Waals surface area (Å²) in [5.74, 6) is 0.437. The van der Waals surface area contributed by atoms with E-state index in [1.807, 2.05) is 30.3 Å². The van der Waals surface area contributed by atoms with Crippen LogP contribution in [0.2, 0.25) is 0 Å². The number of amides is 2. The third-order valence-corrected chi connectivity index (χ3v) is 6.56. The van der Waals surface area contributed by atoms with Crippen molar-refractivity contribution in [3.05, 3.63) is 53.6 Å². The van der Waals surface area contributed by atoms with Crippen molar-refractivity contribution >= 4 is 34.5 Å². The second kappa shape index (κ2) is 6.17. The van der Waals surface area contributed by atoms with Crippen LogP contribution in [0.25, 0.3) is 11.0 Å². The molecule has 0 saturated carbocycles. The Hall–Kier alpha value is -3.15. The zero-order chi connectivity index (χ0) is 19.5. The molecule has 6 nitrogen and oxygen atoms in total. The van der Waals surface area contributed by atoms with E-state index in [0.717, 1.165) is 36.1 Å². The molecular weight excluding hydrogens is 364 g/mol. The van der Waals surface area contributed by atoms with E-state index < -0.39 is 0 Å². The number of benzene rings is 2. The lowest BCUT2D eigenvalue weighted by Gasteiger charge is -2.20. The molecule has 1 fully saturated rings. The van der Waals surface area contributed by atoms with E-state index in [4.69, 9.17) is 0 Å². The molecule has 1 unspecified atom stereocenters. The maximum Gasteiger partial charge on any atom is 0.234 e. The highest BCUT2D eigenvalue weighted by Crippen LogP contribution is 2.33. The van der Waals surface area contributed by atoms with Crippen LogP contribution in [0.4, 0.5) is 11.6 Å². The molecule has 29 heavy (non-hydrogen) atoms. The largest absolute Gasteiger partial charge is 0.312 e. The first-order valence-corrected chi connectivity index (χ1v) is 10.4. The Bertz CT molecular complexity index is 1160. The predicted octanol–water partition coefficient (Wildman–Crippen LogP) is 2.92. The summed E-state index contributed by atoms with van der Waals surface area (Å²) in [7, 11) is 0. The number of anilines is 2. The molecule has 6 rings (SSSR count). The van der Waals surface area contributed by atoms with E-state index in [-0.39, 0.29) is 24.2 Å². The quantitative estimate of drug-likeness (QED) is 0.680. The van der Waals surface area contributed by atoms with Crippen molar-refractivity contribution in [3.8, 4) is 0 Å². The summed E-state index contributed by atoms with van der Waals surface area (Å²) in [5, 5.41) is 0. The van der Waals surface area contributed by atoms with Gasteiger partial charge in [-0.3, -0.25) is 14.5 Å². The van der Waals surface area contributed by atoms with Crippen molar-refractivity contribution in [2.75, 3.05) is 22.9 Å². The standard InChI is InChI=1S/C23H22N4O2/c28-21-13-17(14-27(21)18-9-8-15-4-3-5-16(15)12-18)22(29)26-11-10-25-20-7-2-1-6-19(20)24-23(25)26/h1-2,6-9,12,17H,3-5,10-11,13-14H2. The maximum absolute atomic E-state index is 13.3. The van der Waals surface area contributed by atoms with Gasteiger partial charge in [-0.1, -0.05) is 18.2 Å². The van der Waals surface area contributed by atoms with Crippen molar-refractivity contribution in [1.82, 2.24) is 9.55 Å². The summed E-state index contributed by atoms with van der Waals surface area (Å²) in [6.07, 6.45) is 3.66. The molecule has 3 heterocycles. The van der Waals surface area contributed by atoms with Gasteiger partial charge in [0.15, 0.2) is 0 Å². The SMILES string of the molecule is O=C1CC(C(=O)N2CCn3c2nc2ccccc23)CN1c1ccc2c(c1)CCC2. The average Bonchev–Trinajstić information content (AvgIpc) is 3.49. The molecule has 1 aliphatic carbocycles. The third kappa shape index (κ3) is 2.51. The Kier molecular flexibility index (Phi) is 3.57. The first kappa shape index (κ1) is 16.8. The summed E-state index contributed by atoms with van der Waals surface area (Å²) in [6.45, 7) is 1.82. The molecule has 3 aromatic rings. The van der Waals surface area contributed by atoms with Crippen molar-refractivity contribution in [2.24, 2.45) is 5.92 Å². The summed E-state index contributed by atoms with van der Waals surface area (Å²) in [4.78, 5) is 34.2. The van der Waals surface area contributed by atoms with Crippen LogP contribution in [0.1, 0.15) is 24.0 Å². The van der Waals surface area contributed by atoms with Gasteiger partial charge in [0.1, 0.15) is 0 Å². The number of aromatic nitrogens is 2. The summed E-state index contributed by atoms with van der Waals surface area (Å²) >= 11 is 0. The average molecular weight is 386 g/mol. The zero-order valence-electron chi connectivity index (χ0n) is 16.2. The van der Waals surface area contributed by atoms with E-state index in [1.54, 1.807) is 9.80 Å². The molecule has 0 spiro atoms. The number of carbonyl (C=O) groups is 2. The fraction of sp³-hybridized carbons (Fsp3) is 0.348. The molecule has 2 amide bonds. The van der Waals surface area contributed by atoms with Crippen LogP contribution in [0.15, 0.2) is 42.5 Å². The number of nitrogens with zero attached hydrogens (tertiary/aromatic N) is 4. The van der Waals surface area contributed by atoms with E-state index in [1.165, 1.54) is 17.5 Å². The van der Waals surface area contributed by atoms with Crippen LogP contribution in [0.5, 0.6) is 0 Å². The molecule has 6 heteroatoms. The van der Waals surface area contributed by atoms with Crippen molar-refractivity contribution < 1.29 is 9.59 Å². The maximum atomic E-state index is 13.3. The zero-order valence-corrected chi connectivity index (χ0v) is 16.2. The number of para-hydroxylation sites is 2.